The SMILES string of the molecule is CCCCC1(CCC2CSC(C)SC2)CCCCC1. The van der Waals surface area contributed by atoms with Crippen LogP contribution in [0.2, 0.25) is 0 Å². The highest BCUT2D eigenvalue weighted by molar-refractivity contribution is 8.17. The quantitative estimate of drug-likeness (QED) is 0.560. The molecule has 0 spiro atoms. The van der Waals surface area contributed by atoms with Gasteiger partial charge in [0.25, 0.3) is 0 Å². The molecule has 1 saturated carbocycles. The molecule has 0 aromatic heterocycles. The van der Waals surface area contributed by atoms with E-state index < -0.39 is 0 Å². The Morgan fingerprint density at radius 1 is 1.00 bits per heavy atom. The second-order valence-corrected chi connectivity index (χ2v) is 9.85. The lowest BCUT2D eigenvalue weighted by Crippen LogP contribution is -2.26. The summed E-state index contributed by atoms with van der Waals surface area (Å²) >= 11 is 4.39. The van der Waals surface area contributed by atoms with Gasteiger partial charge in [-0.2, -0.15) is 0 Å². The lowest BCUT2D eigenvalue weighted by molar-refractivity contribution is 0.143. The monoisotopic (exact) mass is 300 g/mol. The number of unbranched alkanes of at least 4 members (excludes halogenated alkanes) is 1. The first kappa shape index (κ1) is 16.1. The number of hydrogen-bond donors (Lipinski definition) is 0. The molecule has 19 heavy (non-hydrogen) atoms. The van der Waals surface area contributed by atoms with E-state index in [1.165, 1.54) is 75.7 Å². The van der Waals surface area contributed by atoms with Crippen molar-refractivity contribution in [2.75, 3.05) is 11.5 Å². The van der Waals surface area contributed by atoms with Gasteiger partial charge in [-0.3, -0.25) is 0 Å². The van der Waals surface area contributed by atoms with Crippen molar-refractivity contribution in [1.29, 1.82) is 0 Å². The molecule has 2 fully saturated rings. The summed E-state index contributed by atoms with van der Waals surface area (Å²) in [4.78, 5) is 0. The minimum atomic E-state index is 0.757. The molecule has 0 bridgehead atoms. The van der Waals surface area contributed by atoms with Crippen molar-refractivity contribution in [3.63, 3.8) is 0 Å². The number of rotatable bonds is 6. The van der Waals surface area contributed by atoms with Crippen LogP contribution in [0.1, 0.15) is 78.1 Å². The summed E-state index contributed by atoms with van der Waals surface area (Å²) in [6.45, 7) is 4.72. The molecule has 0 amide bonds. The molecule has 0 atom stereocenters. The summed E-state index contributed by atoms with van der Waals surface area (Å²) in [5, 5.41) is 0. The molecule has 2 aliphatic rings. The van der Waals surface area contributed by atoms with E-state index in [1.54, 1.807) is 0 Å². The van der Waals surface area contributed by atoms with Crippen LogP contribution in [0.15, 0.2) is 0 Å². The van der Waals surface area contributed by atoms with Crippen molar-refractivity contribution in [3.05, 3.63) is 0 Å². The van der Waals surface area contributed by atoms with E-state index in [-0.39, 0.29) is 0 Å². The van der Waals surface area contributed by atoms with Crippen molar-refractivity contribution < 1.29 is 0 Å². The highest BCUT2D eigenvalue weighted by Crippen LogP contribution is 2.46. The van der Waals surface area contributed by atoms with Crippen LogP contribution in [0, 0.1) is 11.3 Å². The normalized spacial score (nSPS) is 31.3. The van der Waals surface area contributed by atoms with Crippen LogP contribution in [-0.4, -0.2) is 16.1 Å². The Morgan fingerprint density at radius 3 is 2.32 bits per heavy atom. The van der Waals surface area contributed by atoms with Crippen LogP contribution in [-0.2, 0) is 0 Å². The second-order valence-electron chi connectivity index (χ2n) is 6.80. The molecule has 1 saturated heterocycles. The van der Waals surface area contributed by atoms with Crippen LogP contribution < -0.4 is 0 Å². The van der Waals surface area contributed by atoms with E-state index in [1.807, 2.05) is 0 Å². The Kier molecular flexibility index (Phi) is 6.95. The van der Waals surface area contributed by atoms with Gasteiger partial charge in [0.1, 0.15) is 0 Å². The van der Waals surface area contributed by atoms with Gasteiger partial charge in [-0.1, -0.05) is 39.0 Å². The Balaban J connectivity index is 1.78. The Morgan fingerprint density at radius 2 is 1.68 bits per heavy atom. The smallest absolute Gasteiger partial charge is 0.0474 e. The summed E-state index contributed by atoms with van der Waals surface area (Å²) < 4.78 is 0.847. The van der Waals surface area contributed by atoms with Gasteiger partial charge in [-0.25, -0.2) is 0 Å². The highest BCUT2D eigenvalue weighted by atomic mass is 32.2. The molecule has 0 radical (unpaired) electrons. The first-order valence-electron chi connectivity index (χ1n) is 8.47. The maximum Gasteiger partial charge on any atom is 0.0474 e. The first-order chi connectivity index (χ1) is 9.24. The minimum absolute atomic E-state index is 0.757. The Labute approximate surface area is 129 Å². The fourth-order valence-corrected chi connectivity index (χ4v) is 6.46. The molecule has 112 valence electrons. The summed E-state index contributed by atoms with van der Waals surface area (Å²) in [6, 6.07) is 0. The van der Waals surface area contributed by atoms with Crippen molar-refractivity contribution in [2.24, 2.45) is 11.3 Å². The molecule has 0 nitrogen and oxygen atoms in total. The molecular weight excluding hydrogens is 268 g/mol. The molecule has 2 rings (SSSR count). The molecule has 1 aliphatic heterocycles. The van der Waals surface area contributed by atoms with Crippen LogP contribution >= 0.6 is 23.5 Å². The lowest BCUT2D eigenvalue weighted by Gasteiger charge is -2.39. The number of hydrogen-bond acceptors (Lipinski definition) is 2. The number of thioether (sulfide) groups is 2. The average molecular weight is 301 g/mol. The summed E-state index contributed by atoms with van der Waals surface area (Å²) in [5.41, 5.74) is 0.757. The van der Waals surface area contributed by atoms with Crippen molar-refractivity contribution in [2.45, 2.75) is 82.6 Å². The van der Waals surface area contributed by atoms with E-state index in [4.69, 9.17) is 0 Å². The van der Waals surface area contributed by atoms with Crippen LogP contribution in [0.25, 0.3) is 0 Å². The van der Waals surface area contributed by atoms with Gasteiger partial charge in [-0.05, 0) is 61.9 Å². The molecule has 1 aliphatic carbocycles. The predicted octanol–water partition coefficient (Wildman–Crippen LogP) is 6.35. The van der Waals surface area contributed by atoms with Gasteiger partial charge in [-0.15, -0.1) is 23.5 Å². The highest BCUT2D eigenvalue weighted by Gasteiger charge is 2.32. The van der Waals surface area contributed by atoms with Gasteiger partial charge >= 0.3 is 0 Å². The summed E-state index contributed by atoms with van der Waals surface area (Å²) in [6.07, 6.45) is 15.0. The van der Waals surface area contributed by atoms with Crippen LogP contribution in [0.5, 0.6) is 0 Å². The zero-order chi connectivity index (χ0) is 13.6. The minimum Gasteiger partial charge on any atom is -0.148 e. The van der Waals surface area contributed by atoms with E-state index >= 15 is 0 Å². The van der Waals surface area contributed by atoms with E-state index in [9.17, 15) is 0 Å². The van der Waals surface area contributed by atoms with E-state index in [0.717, 1.165) is 15.9 Å². The van der Waals surface area contributed by atoms with Gasteiger partial charge in [0.15, 0.2) is 0 Å². The fraction of sp³-hybridized carbons (Fsp3) is 1.00. The first-order valence-corrected chi connectivity index (χ1v) is 10.6. The zero-order valence-electron chi connectivity index (χ0n) is 13.0. The van der Waals surface area contributed by atoms with Crippen molar-refractivity contribution >= 4 is 23.5 Å². The average Bonchev–Trinajstić information content (AvgIpc) is 2.46. The van der Waals surface area contributed by atoms with E-state index in [0.29, 0.717) is 0 Å². The van der Waals surface area contributed by atoms with Gasteiger partial charge in [0.2, 0.25) is 0 Å². The fourth-order valence-electron chi connectivity index (χ4n) is 3.79. The topological polar surface area (TPSA) is 0 Å². The molecule has 1 heterocycles. The zero-order valence-corrected chi connectivity index (χ0v) is 14.6. The Bertz CT molecular complexity index is 238. The third-order valence-corrected chi connectivity index (χ3v) is 8.27. The van der Waals surface area contributed by atoms with Gasteiger partial charge in [0.05, 0.1) is 0 Å². The van der Waals surface area contributed by atoms with E-state index in [2.05, 4.69) is 37.4 Å². The molecular formula is C17H32S2. The lowest BCUT2D eigenvalue weighted by atomic mass is 9.67. The van der Waals surface area contributed by atoms with Gasteiger partial charge in [0, 0.05) is 4.58 Å². The van der Waals surface area contributed by atoms with Crippen molar-refractivity contribution in [1.82, 2.24) is 0 Å². The van der Waals surface area contributed by atoms with Crippen LogP contribution in [0.4, 0.5) is 0 Å². The molecule has 0 N–H and O–H groups in total. The third kappa shape index (κ3) is 5.19. The van der Waals surface area contributed by atoms with Crippen LogP contribution in [0.3, 0.4) is 0 Å². The standard InChI is InChI=1S/C17H32S2/c1-3-4-9-17(10-6-5-7-11-17)12-8-16-13-18-15(2)19-14-16/h15-16H,3-14H2,1-2H3. The van der Waals surface area contributed by atoms with Gasteiger partial charge < -0.3 is 0 Å². The molecule has 0 unspecified atom stereocenters. The largest absolute Gasteiger partial charge is 0.148 e. The molecule has 2 heteroatoms. The third-order valence-electron chi connectivity index (χ3n) is 5.19. The summed E-state index contributed by atoms with van der Waals surface area (Å²) in [5.74, 6) is 3.86. The maximum absolute atomic E-state index is 2.37. The Hall–Kier alpha value is 0.700. The predicted molar refractivity (Wildman–Crippen MR) is 92.1 cm³/mol. The maximum atomic E-state index is 2.37. The molecule has 0 aromatic rings. The summed E-state index contributed by atoms with van der Waals surface area (Å²) in [7, 11) is 0. The van der Waals surface area contributed by atoms with Crippen molar-refractivity contribution in [3.8, 4) is 0 Å². The molecule has 0 aromatic carbocycles. The second kappa shape index (κ2) is 8.22.